The Kier molecular flexibility index (Phi) is 5.44. The molecule has 0 saturated heterocycles. The van der Waals surface area contributed by atoms with Crippen LogP contribution in [0.2, 0.25) is 0 Å². The summed E-state index contributed by atoms with van der Waals surface area (Å²) >= 11 is 0. The Morgan fingerprint density at radius 3 is 2.65 bits per heavy atom. The van der Waals surface area contributed by atoms with Crippen LogP contribution in [0.4, 0.5) is 0 Å². The highest BCUT2D eigenvalue weighted by atomic mass is 16.1. The number of hydrogen-bond donors (Lipinski definition) is 2. The van der Waals surface area contributed by atoms with Crippen molar-refractivity contribution in [3.63, 3.8) is 0 Å². The zero-order valence-electron chi connectivity index (χ0n) is 11.6. The maximum atomic E-state index is 11.8. The van der Waals surface area contributed by atoms with Crippen LogP contribution >= 0.6 is 0 Å². The van der Waals surface area contributed by atoms with Crippen molar-refractivity contribution in [2.45, 2.75) is 77.3 Å². The third kappa shape index (κ3) is 3.98. The summed E-state index contributed by atoms with van der Waals surface area (Å²) in [6.07, 6.45) is 7.85. The maximum Gasteiger partial charge on any atom is 0.237 e. The monoisotopic (exact) mass is 240 g/mol. The Hall–Kier alpha value is -0.570. The summed E-state index contributed by atoms with van der Waals surface area (Å²) < 4.78 is 0. The Balaban J connectivity index is 2.69. The number of nitrogens with one attached hydrogen (secondary N) is 1. The minimum Gasteiger partial charge on any atom is -0.368 e. The van der Waals surface area contributed by atoms with Gasteiger partial charge in [0.2, 0.25) is 5.91 Å². The van der Waals surface area contributed by atoms with Gasteiger partial charge >= 0.3 is 0 Å². The molecule has 3 N–H and O–H groups in total. The fourth-order valence-corrected chi connectivity index (χ4v) is 3.12. The van der Waals surface area contributed by atoms with Crippen molar-refractivity contribution in [2.75, 3.05) is 0 Å². The van der Waals surface area contributed by atoms with Crippen LogP contribution < -0.4 is 11.1 Å². The van der Waals surface area contributed by atoms with Crippen molar-refractivity contribution in [1.82, 2.24) is 5.32 Å². The number of primary amides is 1. The summed E-state index contributed by atoms with van der Waals surface area (Å²) in [4.78, 5) is 11.8. The van der Waals surface area contributed by atoms with E-state index < -0.39 is 5.54 Å². The molecular weight excluding hydrogens is 212 g/mol. The van der Waals surface area contributed by atoms with E-state index in [4.69, 9.17) is 5.73 Å². The highest BCUT2D eigenvalue weighted by Gasteiger charge is 2.38. The zero-order valence-corrected chi connectivity index (χ0v) is 11.6. The van der Waals surface area contributed by atoms with E-state index >= 15 is 0 Å². The SMILES string of the molecule is CCCC1CCCC(NC(C)C)(C(N)=O)CC1. The molecule has 1 fully saturated rings. The van der Waals surface area contributed by atoms with E-state index in [1.54, 1.807) is 0 Å². The number of hydrogen-bond acceptors (Lipinski definition) is 2. The Labute approximate surface area is 106 Å². The fourth-order valence-electron chi connectivity index (χ4n) is 3.12. The molecule has 1 saturated carbocycles. The van der Waals surface area contributed by atoms with Crippen LogP contribution in [0.5, 0.6) is 0 Å². The molecule has 0 aliphatic heterocycles. The second-order valence-corrected chi connectivity index (χ2v) is 5.83. The van der Waals surface area contributed by atoms with Crippen LogP contribution in [0.1, 0.15) is 65.7 Å². The molecule has 100 valence electrons. The highest BCUT2D eigenvalue weighted by molar-refractivity contribution is 5.84. The molecular formula is C14H28N2O. The molecule has 3 heteroatoms. The van der Waals surface area contributed by atoms with E-state index in [2.05, 4.69) is 26.1 Å². The smallest absolute Gasteiger partial charge is 0.237 e. The third-order valence-corrected chi connectivity index (χ3v) is 3.93. The quantitative estimate of drug-likeness (QED) is 0.726. The molecule has 2 unspecified atom stereocenters. The summed E-state index contributed by atoms with van der Waals surface area (Å²) in [5, 5.41) is 3.42. The largest absolute Gasteiger partial charge is 0.368 e. The first-order valence-corrected chi connectivity index (χ1v) is 7.08. The van der Waals surface area contributed by atoms with Crippen LogP contribution in [-0.4, -0.2) is 17.5 Å². The summed E-state index contributed by atoms with van der Waals surface area (Å²) in [6, 6.07) is 0.310. The summed E-state index contributed by atoms with van der Waals surface area (Å²) in [5.41, 5.74) is 5.19. The van der Waals surface area contributed by atoms with Crippen molar-refractivity contribution in [2.24, 2.45) is 11.7 Å². The Bertz CT molecular complexity index is 253. The van der Waals surface area contributed by atoms with Gasteiger partial charge in [0.1, 0.15) is 0 Å². The fraction of sp³-hybridized carbons (Fsp3) is 0.929. The predicted molar refractivity (Wildman–Crippen MR) is 71.7 cm³/mol. The van der Waals surface area contributed by atoms with Crippen molar-refractivity contribution in [1.29, 1.82) is 0 Å². The normalized spacial score (nSPS) is 30.2. The molecule has 17 heavy (non-hydrogen) atoms. The molecule has 0 aromatic heterocycles. The van der Waals surface area contributed by atoms with Gasteiger partial charge in [-0.2, -0.15) is 0 Å². The standard InChI is InChI=1S/C14H28N2O/c1-4-6-12-7-5-9-14(10-8-12,13(15)17)16-11(2)3/h11-12,16H,4-10H2,1-3H3,(H2,15,17). The molecule has 0 heterocycles. The molecule has 1 aliphatic rings. The van der Waals surface area contributed by atoms with Crippen LogP contribution in [0, 0.1) is 5.92 Å². The first-order valence-electron chi connectivity index (χ1n) is 7.08. The van der Waals surface area contributed by atoms with Crippen LogP contribution in [0.15, 0.2) is 0 Å². The van der Waals surface area contributed by atoms with Gasteiger partial charge in [0.15, 0.2) is 0 Å². The third-order valence-electron chi connectivity index (χ3n) is 3.93. The molecule has 0 aromatic rings. The van der Waals surface area contributed by atoms with Crippen LogP contribution in [0.25, 0.3) is 0 Å². The van der Waals surface area contributed by atoms with E-state index in [0.29, 0.717) is 6.04 Å². The van der Waals surface area contributed by atoms with E-state index in [-0.39, 0.29) is 5.91 Å². The van der Waals surface area contributed by atoms with Gasteiger partial charge in [0.25, 0.3) is 0 Å². The molecule has 0 bridgehead atoms. The number of carbonyl (C=O) groups excluding carboxylic acids is 1. The molecule has 0 radical (unpaired) electrons. The van der Waals surface area contributed by atoms with Gasteiger partial charge in [-0.1, -0.05) is 32.6 Å². The van der Waals surface area contributed by atoms with Crippen LogP contribution in [-0.2, 0) is 4.79 Å². The lowest BCUT2D eigenvalue weighted by Crippen LogP contribution is -2.57. The minimum atomic E-state index is -0.448. The van der Waals surface area contributed by atoms with Gasteiger partial charge in [0, 0.05) is 6.04 Å². The van der Waals surface area contributed by atoms with Gasteiger partial charge in [-0.25, -0.2) is 0 Å². The van der Waals surface area contributed by atoms with Crippen molar-refractivity contribution in [3.05, 3.63) is 0 Å². The van der Waals surface area contributed by atoms with Crippen molar-refractivity contribution >= 4 is 5.91 Å². The lowest BCUT2D eigenvalue weighted by molar-refractivity contribution is -0.125. The van der Waals surface area contributed by atoms with E-state index in [0.717, 1.165) is 31.6 Å². The highest BCUT2D eigenvalue weighted by Crippen LogP contribution is 2.32. The van der Waals surface area contributed by atoms with Crippen molar-refractivity contribution < 1.29 is 4.79 Å². The van der Waals surface area contributed by atoms with Gasteiger partial charge in [-0.15, -0.1) is 0 Å². The minimum absolute atomic E-state index is 0.164. The molecule has 1 aliphatic carbocycles. The van der Waals surface area contributed by atoms with Crippen molar-refractivity contribution in [3.8, 4) is 0 Å². The van der Waals surface area contributed by atoms with Crippen LogP contribution in [0.3, 0.4) is 0 Å². The lowest BCUT2D eigenvalue weighted by Gasteiger charge is -2.33. The van der Waals surface area contributed by atoms with Gasteiger partial charge < -0.3 is 11.1 Å². The molecule has 2 atom stereocenters. The predicted octanol–water partition coefficient (Wildman–Crippen LogP) is 2.59. The second-order valence-electron chi connectivity index (χ2n) is 5.83. The number of nitrogens with two attached hydrogens (primary N) is 1. The average Bonchev–Trinajstić information content (AvgIpc) is 2.42. The van der Waals surface area contributed by atoms with E-state index in [1.165, 1.54) is 19.3 Å². The second kappa shape index (κ2) is 6.39. The topological polar surface area (TPSA) is 55.1 Å². The summed E-state index contributed by atoms with van der Waals surface area (Å²) in [7, 11) is 0. The van der Waals surface area contributed by atoms with Gasteiger partial charge in [0.05, 0.1) is 5.54 Å². The lowest BCUT2D eigenvalue weighted by atomic mass is 9.87. The first kappa shape index (κ1) is 14.5. The molecule has 0 spiro atoms. The number of rotatable bonds is 5. The number of amides is 1. The first-order chi connectivity index (χ1) is 8.00. The van der Waals surface area contributed by atoms with Gasteiger partial charge in [-0.3, -0.25) is 4.79 Å². The summed E-state index contributed by atoms with van der Waals surface area (Å²) in [5.74, 6) is 0.624. The average molecular weight is 240 g/mol. The molecule has 0 aromatic carbocycles. The summed E-state index contributed by atoms with van der Waals surface area (Å²) in [6.45, 7) is 6.40. The molecule has 1 amide bonds. The maximum absolute atomic E-state index is 11.8. The molecule has 1 rings (SSSR count). The molecule has 3 nitrogen and oxygen atoms in total. The van der Waals surface area contributed by atoms with E-state index in [9.17, 15) is 4.79 Å². The number of carbonyl (C=O) groups is 1. The van der Waals surface area contributed by atoms with E-state index in [1.807, 2.05) is 0 Å². The zero-order chi connectivity index (χ0) is 12.9. The Morgan fingerprint density at radius 1 is 1.41 bits per heavy atom. The van der Waals surface area contributed by atoms with Gasteiger partial charge in [-0.05, 0) is 39.0 Å². The Morgan fingerprint density at radius 2 is 2.12 bits per heavy atom.